The number of aromatic nitrogens is 1. The molecule has 2 fully saturated rings. The summed E-state index contributed by atoms with van der Waals surface area (Å²) < 4.78 is 5.62. The van der Waals surface area contributed by atoms with Crippen molar-refractivity contribution in [3.8, 4) is 0 Å². The number of hydrogen-bond acceptors (Lipinski definition) is 5. The summed E-state index contributed by atoms with van der Waals surface area (Å²) in [6.07, 6.45) is 1.70. The number of hydrogen-bond donors (Lipinski definition) is 0. The molecule has 2 saturated heterocycles. The maximum Gasteiger partial charge on any atom is 0.273 e. The van der Waals surface area contributed by atoms with E-state index in [4.69, 9.17) is 4.74 Å². The summed E-state index contributed by atoms with van der Waals surface area (Å²) in [5.41, 5.74) is 0.485. The van der Waals surface area contributed by atoms with Crippen LogP contribution >= 0.6 is 11.3 Å². The summed E-state index contributed by atoms with van der Waals surface area (Å²) in [6.45, 7) is 9.91. The Morgan fingerprint density at radius 1 is 1.40 bits per heavy atom. The number of thiazole rings is 1. The largest absolute Gasteiger partial charge is 0.381 e. The van der Waals surface area contributed by atoms with E-state index in [1.807, 2.05) is 36.0 Å². The van der Waals surface area contributed by atoms with Gasteiger partial charge in [-0.3, -0.25) is 9.59 Å². The van der Waals surface area contributed by atoms with E-state index in [0.29, 0.717) is 32.0 Å². The van der Waals surface area contributed by atoms with Crippen LogP contribution in [0.4, 0.5) is 0 Å². The average molecular weight is 365 g/mol. The van der Waals surface area contributed by atoms with Crippen molar-refractivity contribution in [1.82, 2.24) is 14.8 Å². The predicted octanol–water partition coefficient (Wildman–Crippen LogP) is 2.19. The van der Waals surface area contributed by atoms with Gasteiger partial charge in [-0.2, -0.15) is 0 Å². The van der Waals surface area contributed by atoms with E-state index in [1.54, 1.807) is 0 Å². The van der Waals surface area contributed by atoms with E-state index in [0.717, 1.165) is 30.9 Å². The fraction of sp³-hybridized carbons (Fsp3) is 0.722. The van der Waals surface area contributed by atoms with Crippen LogP contribution < -0.4 is 0 Å². The molecule has 0 aromatic carbocycles. The number of amides is 2. The number of rotatable bonds is 5. The Balaban J connectivity index is 1.70. The third-order valence-electron chi connectivity index (χ3n) is 5.61. The van der Waals surface area contributed by atoms with E-state index in [-0.39, 0.29) is 23.1 Å². The van der Waals surface area contributed by atoms with Crippen LogP contribution in [0.1, 0.15) is 42.2 Å². The Hall–Kier alpha value is -1.47. The number of piperidine rings is 1. The Bertz CT molecular complexity index is 637. The number of nitrogens with zero attached hydrogens (tertiary/aromatic N) is 3. The Morgan fingerprint density at radius 3 is 2.68 bits per heavy atom. The highest BCUT2D eigenvalue weighted by Gasteiger charge is 2.53. The molecule has 1 atom stereocenters. The average Bonchev–Trinajstić information content (AvgIpc) is 3.16. The van der Waals surface area contributed by atoms with Crippen LogP contribution in [0.5, 0.6) is 0 Å². The van der Waals surface area contributed by atoms with Gasteiger partial charge in [0, 0.05) is 43.6 Å². The number of aryl methyl sites for hydroxylation is 1. The van der Waals surface area contributed by atoms with Crippen LogP contribution in [0.25, 0.3) is 0 Å². The van der Waals surface area contributed by atoms with Crippen molar-refractivity contribution in [2.24, 2.45) is 11.3 Å². The van der Waals surface area contributed by atoms with Crippen LogP contribution in [0.15, 0.2) is 5.38 Å². The summed E-state index contributed by atoms with van der Waals surface area (Å²) in [5, 5.41) is 2.74. The second kappa shape index (κ2) is 7.41. The summed E-state index contributed by atoms with van der Waals surface area (Å²) in [7, 11) is 0. The minimum atomic E-state index is -0.0776. The SMILES string of the molecule is CCOCC1C(=O)N(CC)CC12CCN(C(=O)c1csc(C)n1)CC2. The molecular formula is C18H27N3O3S. The second-order valence-corrected chi connectivity index (χ2v) is 8.03. The van der Waals surface area contributed by atoms with Gasteiger partial charge in [-0.05, 0) is 33.6 Å². The summed E-state index contributed by atoms with van der Waals surface area (Å²) in [4.78, 5) is 33.5. The van der Waals surface area contributed by atoms with Gasteiger partial charge in [0.25, 0.3) is 5.91 Å². The lowest BCUT2D eigenvalue weighted by molar-refractivity contribution is -0.133. The quantitative estimate of drug-likeness (QED) is 0.802. The molecule has 0 radical (unpaired) electrons. The van der Waals surface area contributed by atoms with Gasteiger partial charge in [0.1, 0.15) is 5.69 Å². The Labute approximate surface area is 153 Å². The first-order valence-corrected chi connectivity index (χ1v) is 9.96. The van der Waals surface area contributed by atoms with Crippen LogP contribution in [0.3, 0.4) is 0 Å². The molecule has 1 spiro atoms. The molecule has 7 heteroatoms. The summed E-state index contributed by atoms with van der Waals surface area (Å²) >= 11 is 1.50. The number of carbonyl (C=O) groups excluding carboxylic acids is 2. The van der Waals surface area contributed by atoms with Crippen molar-refractivity contribution in [3.63, 3.8) is 0 Å². The lowest BCUT2D eigenvalue weighted by atomic mass is 9.71. The molecule has 3 heterocycles. The zero-order valence-electron chi connectivity index (χ0n) is 15.3. The highest BCUT2D eigenvalue weighted by Crippen LogP contribution is 2.45. The fourth-order valence-corrected chi connectivity index (χ4v) is 4.67. The minimum Gasteiger partial charge on any atom is -0.381 e. The minimum absolute atomic E-state index is 0.0113. The first kappa shape index (κ1) is 18.3. The van der Waals surface area contributed by atoms with Crippen LogP contribution in [-0.2, 0) is 9.53 Å². The number of carbonyl (C=O) groups is 2. The fourth-order valence-electron chi connectivity index (χ4n) is 4.09. The van der Waals surface area contributed by atoms with Crippen LogP contribution in [0.2, 0.25) is 0 Å². The molecule has 1 aromatic rings. The van der Waals surface area contributed by atoms with Gasteiger partial charge in [-0.15, -0.1) is 11.3 Å². The first-order chi connectivity index (χ1) is 12.0. The Kier molecular flexibility index (Phi) is 5.43. The summed E-state index contributed by atoms with van der Waals surface area (Å²) in [6, 6.07) is 0. The van der Waals surface area contributed by atoms with E-state index in [9.17, 15) is 9.59 Å². The van der Waals surface area contributed by atoms with Gasteiger partial charge >= 0.3 is 0 Å². The molecule has 0 bridgehead atoms. The van der Waals surface area contributed by atoms with Crippen molar-refractivity contribution >= 4 is 23.2 Å². The molecule has 2 aliphatic heterocycles. The molecule has 6 nitrogen and oxygen atoms in total. The van der Waals surface area contributed by atoms with E-state index in [1.165, 1.54) is 11.3 Å². The molecule has 3 rings (SSSR count). The van der Waals surface area contributed by atoms with Crippen LogP contribution in [-0.4, -0.2) is 66.0 Å². The van der Waals surface area contributed by atoms with Gasteiger partial charge in [-0.25, -0.2) is 4.98 Å². The second-order valence-electron chi connectivity index (χ2n) is 6.97. The molecule has 1 unspecified atom stereocenters. The van der Waals surface area contributed by atoms with Gasteiger partial charge in [0.2, 0.25) is 5.91 Å². The first-order valence-electron chi connectivity index (χ1n) is 9.08. The summed E-state index contributed by atoms with van der Waals surface area (Å²) in [5.74, 6) is 0.147. The van der Waals surface area contributed by atoms with Gasteiger partial charge in [-0.1, -0.05) is 0 Å². The maximum atomic E-state index is 12.7. The zero-order valence-corrected chi connectivity index (χ0v) is 16.1. The van der Waals surface area contributed by atoms with Crippen molar-refractivity contribution < 1.29 is 14.3 Å². The van der Waals surface area contributed by atoms with Crippen molar-refractivity contribution in [3.05, 3.63) is 16.1 Å². The van der Waals surface area contributed by atoms with Gasteiger partial charge in [0.05, 0.1) is 17.5 Å². The normalized spacial score (nSPS) is 22.8. The van der Waals surface area contributed by atoms with E-state index >= 15 is 0 Å². The third kappa shape index (κ3) is 3.44. The molecule has 0 saturated carbocycles. The highest BCUT2D eigenvalue weighted by atomic mass is 32.1. The smallest absolute Gasteiger partial charge is 0.273 e. The molecule has 2 amide bonds. The topological polar surface area (TPSA) is 62.7 Å². The lowest BCUT2D eigenvalue weighted by Gasteiger charge is -2.41. The molecule has 138 valence electrons. The van der Waals surface area contributed by atoms with Gasteiger partial charge < -0.3 is 14.5 Å². The predicted molar refractivity (Wildman–Crippen MR) is 96.7 cm³/mol. The third-order valence-corrected chi connectivity index (χ3v) is 6.38. The van der Waals surface area contributed by atoms with Crippen molar-refractivity contribution in [1.29, 1.82) is 0 Å². The molecule has 0 aliphatic carbocycles. The highest BCUT2D eigenvalue weighted by molar-refractivity contribution is 7.09. The standard InChI is InChI=1S/C18H27N3O3S/c1-4-20-12-18(14(16(20)22)10-24-5-2)6-8-21(9-7-18)17(23)15-11-25-13(3)19-15/h11,14H,4-10,12H2,1-3H3. The number of likely N-dealkylation sites (tertiary alicyclic amines) is 2. The van der Waals surface area contributed by atoms with Gasteiger partial charge in [0.15, 0.2) is 0 Å². The molecule has 25 heavy (non-hydrogen) atoms. The van der Waals surface area contributed by atoms with E-state index < -0.39 is 0 Å². The van der Waals surface area contributed by atoms with Crippen LogP contribution in [0, 0.1) is 18.3 Å². The van der Waals surface area contributed by atoms with E-state index in [2.05, 4.69) is 4.98 Å². The molecule has 0 N–H and O–H groups in total. The van der Waals surface area contributed by atoms with Crippen molar-refractivity contribution in [2.75, 3.05) is 39.4 Å². The zero-order chi connectivity index (χ0) is 18.0. The number of ether oxygens (including phenoxy) is 1. The maximum absolute atomic E-state index is 12.7. The molecular weight excluding hydrogens is 338 g/mol. The van der Waals surface area contributed by atoms with Crippen molar-refractivity contribution in [2.45, 2.75) is 33.6 Å². The monoisotopic (exact) mass is 365 g/mol. The Morgan fingerprint density at radius 2 is 2.12 bits per heavy atom. The molecule has 1 aromatic heterocycles. The molecule has 2 aliphatic rings. The lowest BCUT2D eigenvalue weighted by Crippen LogP contribution is -2.47.